The smallest absolute Gasteiger partial charge is 0.141 e. The Morgan fingerprint density at radius 1 is 1.22 bits per heavy atom. The molecule has 0 amide bonds. The molecule has 3 unspecified atom stereocenters. The fraction of sp³-hybridized carbons (Fsp3) is 0.571. The molecule has 4 bridgehead atoms. The van der Waals surface area contributed by atoms with E-state index in [2.05, 4.69) is 31.9 Å². The number of rotatable bonds is 1. The summed E-state index contributed by atoms with van der Waals surface area (Å²) >= 11 is 3.50. The lowest BCUT2D eigenvalue weighted by Gasteiger charge is -2.55. The number of piperidine rings is 3. The Morgan fingerprint density at radius 3 is 2.56 bits per heavy atom. The molecule has 1 aromatic heterocycles. The number of hydrogen-bond donors (Lipinski definition) is 0. The summed E-state index contributed by atoms with van der Waals surface area (Å²) in [6.07, 6.45) is 5.99. The van der Waals surface area contributed by atoms with Crippen LogP contribution >= 0.6 is 15.9 Å². The Balaban J connectivity index is 1.70. The predicted molar refractivity (Wildman–Crippen MR) is 71.0 cm³/mol. The average molecular weight is 307 g/mol. The molecule has 0 N–H and O–H groups in total. The van der Waals surface area contributed by atoms with Gasteiger partial charge in [0, 0.05) is 47.8 Å². The molecule has 0 spiro atoms. The van der Waals surface area contributed by atoms with Crippen molar-refractivity contribution in [2.24, 2.45) is 17.8 Å². The second-order valence-corrected chi connectivity index (χ2v) is 6.78. The standard InChI is InChI=1S/C14H15BrN2O/c15-12-3-9(4-16-5-12)13-8-1-10-6-17(13)7-11(2-8)14(10)18/h3-5,8,10-11,13H,1-2,6-7H2. The molecule has 1 aliphatic carbocycles. The van der Waals surface area contributed by atoms with E-state index in [1.165, 1.54) is 5.56 Å². The van der Waals surface area contributed by atoms with Crippen LogP contribution in [-0.2, 0) is 4.79 Å². The van der Waals surface area contributed by atoms with E-state index in [1.54, 1.807) is 0 Å². The first-order chi connectivity index (χ1) is 8.72. The van der Waals surface area contributed by atoms with Crippen molar-refractivity contribution < 1.29 is 4.79 Å². The Hall–Kier alpha value is -0.740. The number of carbonyl (C=O) groups is 1. The minimum Gasteiger partial charge on any atom is -0.299 e. The summed E-state index contributed by atoms with van der Waals surface area (Å²) in [4.78, 5) is 18.8. The molecule has 3 atom stereocenters. The monoisotopic (exact) mass is 306 g/mol. The summed E-state index contributed by atoms with van der Waals surface area (Å²) in [6, 6.07) is 2.66. The first-order valence-electron chi connectivity index (χ1n) is 6.60. The van der Waals surface area contributed by atoms with Gasteiger partial charge >= 0.3 is 0 Å². The van der Waals surface area contributed by atoms with E-state index in [9.17, 15) is 4.79 Å². The van der Waals surface area contributed by atoms with E-state index in [1.807, 2.05) is 12.4 Å². The quantitative estimate of drug-likeness (QED) is 0.799. The largest absolute Gasteiger partial charge is 0.299 e. The zero-order valence-corrected chi connectivity index (χ0v) is 11.6. The maximum absolute atomic E-state index is 12.0. The summed E-state index contributed by atoms with van der Waals surface area (Å²) in [5.74, 6) is 1.82. The zero-order chi connectivity index (χ0) is 12.3. The molecule has 0 aromatic carbocycles. The number of ketones is 1. The van der Waals surface area contributed by atoms with Crippen molar-refractivity contribution in [1.29, 1.82) is 0 Å². The molecule has 4 fully saturated rings. The van der Waals surface area contributed by atoms with Crippen molar-refractivity contribution in [3.63, 3.8) is 0 Å². The third-order valence-corrected chi connectivity index (χ3v) is 5.23. The van der Waals surface area contributed by atoms with Gasteiger partial charge in [-0.3, -0.25) is 14.7 Å². The van der Waals surface area contributed by atoms with Gasteiger partial charge in [-0.05, 0) is 46.3 Å². The summed E-state index contributed by atoms with van der Waals surface area (Å²) in [6.45, 7) is 1.92. The van der Waals surface area contributed by atoms with Crippen LogP contribution in [0.1, 0.15) is 24.4 Å². The van der Waals surface area contributed by atoms with Gasteiger partial charge in [0.25, 0.3) is 0 Å². The van der Waals surface area contributed by atoms with E-state index in [0.29, 0.717) is 29.6 Å². The van der Waals surface area contributed by atoms with Gasteiger partial charge in [-0.25, -0.2) is 0 Å². The number of nitrogens with zero attached hydrogens (tertiary/aromatic N) is 2. The SMILES string of the molecule is O=C1C2CC3CC1CN(C2)C3c1cncc(Br)c1. The van der Waals surface area contributed by atoms with Crippen LogP contribution in [-0.4, -0.2) is 28.8 Å². The van der Waals surface area contributed by atoms with Gasteiger partial charge in [-0.2, -0.15) is 0 Å². The molecule has 3 saturated heterocycles. The van der Waals surface area contributed by atoms with Crippen LogP contribution < -0.4 is 0 Å². The molecule has 18 heavy (non-hydrogen) atoms. The van der Waals surface area contributed by atoms with Gasteiger partial charge < -0.3 is 0 Å². The maximum atomic E-state index is 12.0. The second kappa shape index (κ2) is 3.87. The van der Waals surface area contributed by atoms with Gasteiger partial charge in [0.05, 0.1) is 0 Å². The molecule has 4 heterocycles. The minimum absolute atomic E-state index is 0.318. The lowest BCUT2D eigenvalue weighted by molar-refractivity contribution is -0.148. The number of aromatic nitrogens is 1. The molecular formula is C14H15BrN2O. The first kappa shape index (κ1) is 11.1. The summed E-state index contributed by atoms with van der Waals surface area (Å²) in [7, 11) is 0. The average Bonchev–Trinajstić information content (AvgIpc) is 2.34. The summed E-state index contributed by atoms with van der Waals surface area (Å²) in [5.41, 5.74) is 1.31. The van der Waals surface area contributed by atoms with Crippen LogP contribution in [0.5, 0.6) is 0 Å². The number of halogens is 1. The van der Waals surface area contributed by atoms with Crippen molar-refractivity contribution in [2.45, 2.75) is 18.9 Å². The maximum Gasteiger partial charge on any atom is 0.141 e. The lowest BCUT2D eigenvalue weighted by Crippen LogP contribution is -2.59. The van der Waals surface area contributed by atoms with Crippen LogP contribution in [0.15, 0.2) is 22.9 Å². The first-order valence-corrected chi connectivity index (χ1v) is 7.40. The van der Waals surface area contributed by atoms with E-state index >= 15 is 0 Å². The highest BCUT2D eigenvalue weighted by Crippen LogP contribution is 2.50. The highest BCUT2D eigenvalue weighted by atomic mass is 79.9. The van der Waals surface area contributed by atoms with E-state index < -0.39 is 0 Å². The van der Waals surface area contributed by atoms with Gasteiger partial charge in [-0.15, -0.1) is 0 Å². The normalized spacial score (nSPS) is 41.4. The lowest BCUT2D eigenvalue weighted by atomic mass is 9.63. The predicted octanol–water partition coefficient (Wildman–Crippen LogP) is 2.43. The van der Waals surface area contributed by atoms with Crippen LogP contribution in [0, 0.1) is 17.8 Å². The van der Waals surface area contributed by atoms with Crippen molar-refractivity contribution in [1.82, 2.24) is 9.88 Å². The Labute approximate surface area is 115 Å². The van der Waals surface area contributed by atoms with Crippen molar-refractivity contribution in [2.75, 3.05) is 13.1 Å². The second-order valence-electron chi connectivity index (χ2n) is 5.86. The molecule has 1 saturated carbocycles. The third kappa shape index (κ3) is 1.51. The summed E-state index contributed by atoms with van der Waals surface area (Å²) < 4.78 is 1.05. The van der Waals surface area contributed by atoms with Crippen LogP contribution in [0.25, 0.3) is 0 Å². The third-order valence-electron chi connectivity index (χ3n) is 4.80. The van der Waals surface area contributed by atoms with Gasteiger partial charge in [-0.1, -0.05) is 0 Å². The zero-order valence-electron chi connectivity index (χ0n) is 10.1. The molecule has 5 rings (SSSR count). The van der Waals surface area contributed by atoms with Crippen LogP contribution in [0.2, 0.25) is 0 Å². The molecule has 4 heteroatoms. The molecule has 94 valence electrons. The number of Topliss-reactive ketones (excluding diaryl/α,β-unsaturated/α-hetero) is 1. The fourth-order valence-electron chi connectivity index (χ4n) is 4.22. The van der Waals surface area contributed by atoms with E-state index in [0.717, 1.165) is 30.4 Å². The van der Waals surface area contributed by atoms with Gasteiger partial charge in [0.1, 0.15) is 5.78 Å². The molecule has 3 nitrogen and oxygen atoms in total. The van der Waals surface area contributed by atoms with Crippen molar-refractivity contribution in [3.8, 4) is 0 Å². The molecule has 1 aromatic rings. The Morgan fingerprint density at radius 2 is 1.94 bits per heavy atom. The topological polar surface area (TPSA) is 33.2 Å². The Bertz CT molecular complexity index is 484. The van der Waals surface area contributed by atoms with Crippen molar-refractivity contribution in [3.05, 3.63) is 28.5 Å². The molecule has 4 aliphatic rings. The highest BCUT2D eigenvalue weighted by molar-refractivity contribution is 9.10. The number of hydrogen-bond acceptors (Lipinski definition) is 3. The Kier molecular flexibility index (Phi) is 2.39. The minimum atomic E-state index is 0.318. The van der Waals surface area contributed by atoms with Gasteiger partial charge in [0.2, 0.25) is 0 Å². The molecule has 3 aliphatic heterocycles. The van der Waals surface area contributed by atoms with Crippen LogP contribution in [0.3, 0.4) is 0 Å². The highest BCUT2D eigenvalue weighted by Gasteiger charge is 2.51. The van der Waals surface area contributed by atoms with E-state index in [4.69, 9.17) is 0 Å². The van der Waals surface area contributed by atoms with Crippen LogP contribution in [0.4, 0.5) is 0 Å². The van der Waals surface area contributed by atoms with Crippen molar-refractivity contribution >= 4 is 21.7 Å². The van der Waals surface area contributed by atoms with Gasteiger partial charge in [0.15, 0.2) is 0 Å². The molecule has 0 radical (unpaired) electrons. The number of carbonyl (C=O) groups excluding carboxylic acids is 1. The van der Waals surface area contributed by atoms with E-state index in [-0.39, 0.29) is 0 Å². The fourth-order valence-corrected chi connectivity index (χ4v) is 4.60. The summed E-state index contributed by atoms with van der Waals surface area (Å²) in [5, 5.41) is 0. The number of pyridine rings is 1. The molecular weight excluding hydrogens is 292 g/mol.